The van der Waals surface area contributed by atoms with E-state index in [4.69, 9.17) is 22.8 Å². The minimum atomic E-state index is -0.980. The van der Waals surface area contributed by atoms with Gasteiger partial charge in [0.25, 0.3) is 17.7 Å². The average molecular weight is 779 g/mol. The van der Waals surface area contributed by atoms with Crippen LogP contribution in [0, 0.1) is 12.3 Å². The maximum absolute atomic E-state index is 13.3. The van der Waals surface area contributed by atoms with Crippen LogP contribution in [0.2, 0.25) is 5.02 Å². The number of imide groups is 2. The summed E-state index contributed by atoms with van der Waals surface area (Å²) < 4.78 is 6.11. The number of rotatable bonds is 8. The van der Waals surface area contributed by atoms with E-state index in [1.807, 2.05) is 18.2 Å². The van der Waals surface area contributed by atoms with Crippen LogP contribution >= 0.6 is 11.6 Å². The third kappa shape index (κ3) is 7.66. The maximum Gasteiger partial charge on any atom is 0.272 e. The predicted octanol–water partition coefficient (Wildman–Crippen LogP) is 3.42. The lowest BCUT2D eigenvalue weighted by Gasteiger charge is -2.43. The van der Waals surface area contributed by atoms with Gasteiger partial charge < -0.3 is 19.9 Å². The van der Waals surface area contributed by atoms with Gasteiger partial charge in [-0.15, -0.1) is 16.6 Å². The molecular weight excluding hydrogens is 736 g/mol. The zero-order valence-corrected chi connectivity index (χ0v) is 31.7. The smallest absolute Gasteiger partial charge is 0.272 e. The van der Waals surface area contributed by atoms with E-state index in [-0.39, 0.29) is 36.5 Å². The van der Waals surface area contributed by atoms with E-state index in [1.54, 1.807) is 30.3 Å². The molecule has 5 heterocycles. The second-order valence-electron chi connectivity index (χ2n) is 15.0. The molecule has 1 atom stereocenters. The van der Waals surface area contributed by atoms with Crippen molar-refractivity contribution in [3.05, 3.63) is 75.9 Å². The number of aromatic nitrogens is 2. The fourth-order valence-corrected chi connectivity index (χ4v) is 8.76. The van der Waals surface area contributed by atoms with Crippen LogP contribution in [-0.4, -0.2) is 113 Å². The molecule has 4 fully saturated rings. The Labute approximate surface area is 329 Å². The lowest BCUT2D eigenvalue weighted by Crippen LogP contribution is -2.54. The van der Waals surface area contributed by atoms with Gasteiger partial charge in [-0.3, -0.25) is 39.1 Å². The van der Waals surface area contributed by atoms with E-state index < -0.39 is 29.7 Å². The van der Waals surface area contributed by atoms with Crippen molar-refractivity contribution in [1.82, 2.24) is 30.6 Å². The van der Waals surface area contributed by atoms with Gasteiger partial charge in [-0.1, -0.05) is 17.5 Å². The predicted molar refractivity (Wildman–Crippen MR) is 208 cm³/mol. The van der Waals surface area contributed by atoms with Gasteiger partial charge in [0.2, 0.25) is 11.8 Å². The van der Waals surface area contributed by atoms with Crippen molar-refractivity contribution in [3.63, 3.8) is 0 Å². The van der Waals surface area contributed by atoms with Gasteiger partial charge >= 0.3 is 0 Å². The van der Waals surface area contributed by atoms with Crippen LogP contribution in [0.25, 0.3) is 0 Å². The zero-order chi connectivity index (χ0) is 38.9. The molecule has 0 bridgehead atoms. The molecule has 56 heavy (non-hydrogen) atoms. The van der Waals surface area contributed by atoms with Crippen molar-refractivity contribution in [2.45, 2.75) is 75.6 Å². The number of hydrogen-bond acceptors (Lipinski definition) is 11. The van der Waals surface area contributed by atoms with E-state index in [1.165, 1.54) is 0 Å². The van der Waals surface area contributed by atoms with Crippen LogP contribution < -0.4 is 25.2 Å². The van der Waals surface area contributed by atoms with Gasteiger partial charge in [0.15, 0.2) is 11.5 Å². The number of benzene rings is 2. The van der Waals surface area contributed by atoms with Crippen molar-refractivity contribution < 1.29 is 28.7 Å². The van der Waals surface area contributed by atoms with Gasteiger partial charge in [-0.2, -0.15) is 0 Å². The van der Waals surface area contributed by atoms with Gasteiger partial charge in [0, 0.05) is 75.1 Å². The number of hydrogen-bond donors (Lipinski definition) is 2. The first-order valence-electron chi connectivity index (χ1n) is 19.3. The summed E-state index contributed by atoms with van der Waals surface area (Å²) in [6, 6.07) is 13.8. The molecule has 3 saturated heterocycles. The molecule has 3 aromatic rings. The maximum atomic E-state index is 13.3. The fourth-order valence-electron chi connectivity index (χ4n) is 8.54. The second-order valence-corrected chi connectivity index (χ2v) is 15.5. The van der Waals surface area contributed by atoms with Crippen molar-refractivity contribution in [2.75, 3.05) is 49.1 Å². The minimum Gasteiger partial charge on any atom is -0.490 e. The molecule has 15 heteroatoms. The van der Waals surface area contributed by atoms with Crippen LogP contribution in [0.3, 0.4) is 0 Å². The molecule has 0 radical (unpaired) electrons. The largest absolute Gasteiger partial charge is 0.490 e. The third-order valence-electron chi connectivity index (χ3n) is 11.7. The lowest BCUT2D eigenvalue weighted by molar-refractivity contribution is -0.136. The first kappa shape index (κ1) is 37.4. The highest BCUT2D eigenvalue weighted by molar-refractivity contribution is 6.31. The number of fused-ring (bicyclic) bond motifs is 1. The molecule has 290 valence electrons. The summed E-state index contributed by atoms with van der Waals surface area (Å²) in [5.41, 5.74) is 2.38. The summed E-state index contributed by atoms with van der Waals surface area (Å²) in [5.74, 6) is 1.78. The standard InChI is InChI=1S/C41H43ClN8O6/c1-2-25-3-7-30(24-33(25)42)56-29-8-4-26(5-9-29)43-38(52)34-11-13-36(46-45-34)49-17-15-27(16-18-49)47-19-21-48(22-20-47)28-6-10-31-32(23-28)41(55)50(40(31)54)35-12-14-37(51)44-39(35)53/h1,3,6-7,10-11,13,23-24,26-27,29,35H,4-5,8-9,12,14-22H2,(H,43,52)(H,44,51,53). The molecule has 5 amide bonds. The Morgan fingerprint density at radius 1 is 0.821 bits per heavy atom. The van der Waals surface area contributed by atoms with Crippen molar-refractivity contribution >= 4 is 52.6 Å². The van der Waals surface area contributed by atoms with E-state index in [0.29, 0.717) is 33.6 Å². The highest BCUT2D eigenvalue weighted by atomic mass is 35.5. The lowest BCUT2D eigenvalue weighted by atomic mass is 9.93. The summed E-state index contributed by atoms with van der Waals surface area (Å²) in [4.78, 5) is 71.5. The van der Waals surface area contributed by atoms with E-state index in [2.05, 4.69) is 41.5 Å². The van der Waals surface area contributed by atoms with Crippen molar-refractivity contribution in [3.8, 4) is 18.1 Å². The van der Waals surface area contributed by atoms with Gasteiger partial charge in [0.1, 0.15) is 11.8 Å². The molecule has 1 aliphatic carbocycles. The molecule has 2 aromatic carbocycles. The van der Waals surface area contributed by atoms with Crippen LogP contribution in [0.1, 0.15) is 88.1 Å². The number of piperazine rings is 1. The first-order valence-corrected chi connectivity index (χ1v) is 19.7. The molecule has 8 rings (SSSR count). The van der Waals surface area contributed by atoms with Crippen molar-refractivity contribution in [2.24, 2.45) is 0 Å². The Balaban J connectivity index is 0.772. The molecule has 5 aliphatic rings. The number of nitrogens with one attached hydrogen (secondary N) is 2. The molecule has 1 aromatic heterocycles. The number of anilines is 2. The highest BCUT2D eigenvalue weighted by Crippen LogP contribution is 2.32. The summed E-state index contributed by atoms with van der Waals surface area (Å²) in [5, 5.41) is 14.5. The molecule has 2 N–H and O–H groups in total. The molecule has 0 spiro atoms. The topological polar surface area (TPSA) is 157 Å². The number of amides is 5. The Bertz CT molecular complexity index is 2080. The van der Waals surface area contributed by atoms with Crippen LogP contribution in [0.15, 0.2) is 48.5 Å². The number of piperidine rings is 2. The Hall–Kier alpha value is -5.52. The Morgan fingerprint density at radius 3 is 2.25 bits per heavy atom. The number of halogens is 1. The first-order chi connectivity index (χ1) is 27.1. The summed E-state index contributed by atoms with van der Waals surface area (Å²) in [7, 11) is 0. The van der Waals surface area contributed by atoms with E-state index in [0.717, 1.165) is 94.2 Å². The molecule has 1 saturated carbocycles. The normalized spacial score (nSPS) is 23.4. The quantitative estimate of drug-likeness (QED) is 0.255. The summed E-state index contributed by atoms with van der Waals surface area (Å²) >= 11 is 6.22. The number of nitrogens with zero attached hydrogens (tertiary/aromatic N) is 6. The van der Waals surface area contributed by atoms with Crippen molar-refractivity contribution in [1.29, 1.82) is 0 Å². The van der Waals surface area contributed by atoms with Crippen LogP contribution in [0.5, 0.6) is 5.75 Å². The van der Waals surface area contributed by atoms with Crippen LogP contribution in [-0.2, 0) is 9.59 Å². The average Bonchev–Trinajstić information content (AvgIpc) is 3.46. The second kappa shape index (κ2) is 15.9. The van der Waals surface area contributed by atoms with E-state index in [9.17, 15) is 24.0 Å². The molecular formula is C41H43ClN8O6. The molecule has 1 unspecified atom stereocenters. The number of carbonyl (C=O) groups is 5. The van der Waals surface area contributed by atoms with E-state index >= 15 is 0 Å². The Kier molecular flexibility index (Phi) is 10.6. The highest BCUT2D eigenvalue weighted by Gasteiger charge is 2.45. The van der Waals surface area contributed by atoms with Gasteiger partial charge in [0.05, 0.1) is 22.3 Å². The van der Waals surface area contributed by atoms with Crippen LogP contribution in [0.4, 0.5) is 11.5 Å². The molecule has 14 nitrogen and oxygen atoms in total. The molecule has 4 aliphatic heterocycles. The zero-order valence-electron chi connectivity index (χ0n) is 30.9. The number of terminal acetylenes is 1. The minimum absolute atomic E-state index is 0.0400. The number of ether oxygens (including phenoxy) is 1. The number of carbonyl (C=O) groups excluding carboxylic acids is 5. The van der Waals surface area contributed by atoms with Gasteiger partial charge in [-0.05, 0) is 87.4 Å². The Morgan fingerprint density at radius 2 is 1.57 bits per heavy atom. The SMILES string of the molecule is C#Cc1ccc(OC2CCC(NC(=O)c3ccc(N4CCC(N5CCN(c6ccc7c(c6)C(=O)N(C6CCC(=O)NC6=O)C7=O)CC5)CC4)nn3)CC2)cc1Cl. The summed E-state index contributed by atoms with van der Waals surface area (Å²) in [6.45, 7) is 4.96. The fraction of sp³-hybridized carbons (Fsp3) is 0.439. The monoisotopic (exact) mass is 778 g/mol. The third-order valence-corrected chi connectivity index (χ3v) is 12.0. The van der Waals surface area contributed by atoms with Gasteiger partial charge in [-0.25, -0.2) is 0 Å². The summed E-state index contributed by atoms with van der Waals surface area (Å²) in [6.07, 6.45) is 10.9.